The summed E-state index contributed by atoms with van der Waals surface area (Å²) in [5, 5.41) is 5.33. The van der Waals surface area contributed by atoms with Crippen molar-refractivity contribution in [3.05, 3.63) is 89.5 Å². The average Bonchev–Trinajstić information content (AvgIpc) is 3.44. The summed E-state index contributed by atoms with van der Waals surface area (Å²) in [6.07, 6.45) is -4.32. The van der Waals surface area contributed by atoms with Gasteiger partial charge in [-0.25, -0.2) is 8.42 Å². The predicted octanol–water partition coefficient (Wildman–Crippen LogP) is 4.98. The van der Waals surface area contributed by atoms with E-state index in [1.54, 1.807) is 29.2 Å². The molecule has 1 heterocycles. The third-order valence-corrected chi connectivity index (χ3v) is 9.22. The number of ether oxygens (including phenoxy) is 2. The third-order valence-electron chi connectivity index (χ3n) is 7.47. The van der Waals surface area contributed by atoms with Crippen molar-refractivity contribution in [1.29, 1.82) is 0 Å². The van der Waals surface area contributed by atoms with Gasteiger partial charge in [-0.2, -0.15) is 22.0 Å². The fourth-order valence-electron chi connectivity index (χ4n) is 5.07. The molecule has 9 nitrogen and oxygen atoms in total. The van der Waals surface area contributed by atoms with E-state index in [1.807, 2.05) is 0 Å². The molecule has 3 aromatic rings. The standard InChI is InChI=1S/C31H32F5N3O6S/c1-2-46(42,43)27-13-5-20(6-14-27)28(16-37-19-40)38-29(41)21-3-9-23(10-4-21)39-17-26(15-24(39)18-44-30(32)33)45-25-11-7-22(8-12-25)31(34,35)36/h3-14,19,24,26,28,30H,2,15-18H2,1H3,(H,37,40)(H,38,41)/t24-,26-,28-/m0/s1. The van der Waals surface area contributed by atoms with Gasteiger partial charge in [-0.05, 0) is 66.2 Å². The number of rotatable bonds is 14. The molecule has 0 unspecified atom stereocenters. The first-order chi connectivity index (χ1) is 21.8. The van der Waals surface area contributed by atoms with E-state index in [4.69, 9.17) is 4.74 Å². The van der Waals surface area contributed by atoms with Gasteiger partial charge in [0.05, 0.1) is 41.4 Å². The predicted molar refractivity (Wildman–Crippen MR) is 158 cm³/mol. The van der Waals surface area contributed by atoms with E-state index < -0.39 is 52.3 Å². The van der Waals surface area contributed by atoms with Crippen LogP contribution in [-0.4, -0.2) is 64.9 Å². The first kappa shape index (κ1) is 34.6. The number of amides is 2. The van der Waals surface area contributed by atoms with Crippen LogP contribution in [0.3, 0.4) is 0 Å². The number of nitrogens with one attached hydrogen (secondary N) is 2. The van der Waals surface area contributed by atoms with Crippen LogP contribution in [0.15, 0.2) is 77.7 Å². The highest BCUT2D eigenvalue weighted by Crippen LogP contribution is 2.33. The molecule has 248 valence electrons. The van der Waals surface area contributed by atoms with Crippen molar-refractivity contribution in [1.82, 2.24) is 10.6 Å². The van der Waals surface area contributed by atoms with Gasteiger partial charge in [0, 0.05) is 24.2 Å². The molecule has 1 aliphatic heterocycles. The van der Waals surface area contributed by atoms with Gasteiger partial charge >= 0.3 is 12.8 Å². The Morgan fingerprint density at radius 1 is 1.02 bits per heavy atom. The van der Waals surface area contributed by atoms with Crippen LogP contribution in [0.4, 0.5) is 27.6 Å². The summed E-state index contributed by atoms with van der Waals surface area (Å²) in [4.78, 5) is 26.0. The SMILES string of the molecule is CCS(=O)(=O)c1ccc([C@H](CNC=O)NC(=O)c2ccc(N3C[C@@H](Oc4ccc(C(F)(F)F)cc4)C[C@H]3COC(F)F)cc2)cc1. The summed E-state index contributed by atoms with van der Waals surface area (Å²) < 4.78 is 99.2. The second-order valence-electron chi connectivity index (χ2n) is 10.5. The van der Waals surface area contributed by atoms with E-state index in [-0.39, 0.29) is 48.1 Å². The van der Waals surface area contributed by atoms with Gasteiger partial charge < -0.3 is 25.0 Å². The number of carbonyl (C=O) groups excluding carboxylic acids is 2. The van der Waals surface area contributed by atoms with Gasteiger partial charge in [0.15, 0.2) is 9.84 Å². The van der Waals surface area contributed by atoms with E-state index in [2.05, 4.69) is 15.4 Å². The van der Waals surface area contributed by atoms with Crippen molar-refractivity contribution in [2.24, 2.45) is 0 Å². The Labute approximate surface area is 262 Å². The Bertz CT molecular complexity index is 1570. The van der Waals surface area contributed by atoms with Crippen molar-refractivity contribution in [2.75, 3.05) is 30.3 Å². The summed E-state index contributed by atoms with van der Waals surface area (Å²) in [5.41, 5.74) is 0.561. The van der Waals surface area contributed by atoms with E-state index in [0.717, 1.165) is 12.1 Å². The van der Waals surface area contributed by atoms with Crippen LogP contribution < -0.4 is 20.3 Å². The first-order valence-corrected chi connectivity index (χ1v) is 15.9. The number of carbonyl (C=O) groups is 2. The Kier molecular flexibility index (Phi) is 11.2. The smallest absolute Gasteiger partial charge is 0.416 e. The molecule has 0 aromatic heterocycles. The Morgan fingerprint density at radius 2 is 1.67 bits per heavy atom. The van der Waals surface area contributed by atoms with Crippen LogP contribution >= 0.6 is 0 Å². The molecule has 2 amide bonds. The molecule has 2 N–H and O–H groups in total. The van der Waals surface area contributed by atoms with Gasteiger partial charge in [-0.1, -0.05) is 19.1 Å². The lowest BCUT2D eigenvalue weighted by Gasteiger charge is -2.26. The lowest BCUT2D eigenvalue weighted by molar-refractivity contribution is -0.137. The first-order valence-electron chi connectivity index (χ1n) is 14.2. The number of sulfone groups is 1. The van der Waals surface area contributed by atoms with Crippen molar-refractivity contribution in [2.45, 2.75) is 49.2 Å². The summed E-state index contributed by atoms with van der Waals surface area (Å²) >= 11 is 0. The molecule has 3 atom stereocenters. The molecule has 0 aliphatic carbocycles. The topological polar surface area (TPSA) is 114 Å². The zero-order chi connectivity index (χ0) is 33.5. The van der Waals surface area contributed by atoms with E-state index >= 15 is 0 Å². The highest BCUT2D eigenvalue weighted by atomic mass is 32.2. The number of hydrogen-bond donors (Lipinski definition) is 2. The fraction of sp³-hybridized carbons (Fsp3) is 0.355. The molecule has 46 heavy (non-hydrogen) atoms. The molecule has 1 saturated heterocycles. The molecule has 0 radical (unpaired) electrons. The largest absolute Gasteiger partial charge is 0.489 e. The van der Waals surface area contributed by atoms with Crippen LogP contribution in [0, 0.1) is 0 Å². The minimum Gasteiger partial charge on any atom is -0.489 e. The maximum atomic E-state index is 13.1. The molecule has 15 heteroatoms. The van der Waals surface area contributed by atoms with Gasteiger partial charge in [0.1, 0.15) is 11.9 Å². The van der Waals surface area contributed by atoms with Crippen molar-refractivity contribution in [3.63, 3.8) is 0 Å². The highest BCUT2D eigenvalue weighted by molar-refractivity contribution is 7.91. The van der Waals surface area contributed by atoms with E-state index in [1.165, 1.54) is 43.3 Å². The number of benzene rings is 3. The van der Waals surface area contributed by atoms with Gasteiger partial charge in [0.25, 0.3) is 5.91 Å². The summed E-state index contributed by atoms with van der Waals surface area (Å²) in [7, 11) is -3.43. The van der Waals surface area contributed by atoms with Gasteiger partial charge in [-0.3, -0.25) is 9.59 Å². The minimum absolute atomic E-state index is 0.0348. The molecule has 0 bridgehead atoms. The van der Waals surface area contributed by atoms with Gasteiger partial charge in [0.2, 0.25) is 6.41 Å². The van der Waals surface area contributed by atoms with Crippen LogP contribution in [0.5, 0.6) is 5.75 Å². The summed E-state index contributed by atoms with van der Waals surface area (Å²) in [6.45, 7) is -1.56. The van der Waals surface area contributed by atoms with E-state index in [0.29, 0.717) is 17.7 Å². The lowest BCUT2D eigenvalue weighted by atomic mass is 10.1. The molecule has 3 aromatic carbocycles. The molecule has 0 spiro atoms. The van der Waals surface area contributed by atoms with Crippen molar-refractivity contribution < 1.29 is 49.4 Å². The molecule has 4 rings (SSSR count). The molecule has 1 fully saturated rings. The zero-order valence-corrected chi connectivity index (χ0v) is 25.4. The number of anilines is 1. The van der Waals surface area contributed by atoms with Crippen LogP contribution in [0.25, 0.3) is 0 Å². The van der Waals surface area contributed by atoms with Crippen LogP contribution in [0.1, 0.15) is 40.9 Å². The maximum Gasteiger partial charge on any atom is 0.416 e. The Hall–Kier alpha value is -4.24. The molecular formula is C31H32F5N3O6S. The summed E-state index contributed by atoms with van der Waals surface area (Å²) in [5.74, 6) is -0.364. The van der Waals surface area contributed by atoms with Crippen molar-refractivity contribution >= 4 is 27.8 Å². The van der Waals surface area contributed by atoms with Crippen LogP contribution in [0.2, 0.25) is 0 Å². The number of hydrogen-bond acceptors (Lipinski definition) is 7. The fourth-order valence-corrected chi connectivity index (χ4v) is 5.95. The third kappa shape index (κ3) is 8.94. The lowest BCUT2D eigenvalue weighted by Crippen LogP contribution is -2.35. The zero-order valence-electron chi connectivity index (χ0n) is 24.5. The summed E-state index contributed by atoms with van der Waals surface area (Å²) in [6, 6.07) is 15.2. The molecule has 0 saturated carbocycles. The van der Waals surface area contributed by atoms with Crippen molar-refractivity contribution in [3.8, 4) is 5.75 Å². The monoisotopic (exact) mass is 669 g/mol. The Balaban J connectivity index is 1.46. The Morgan fingerprint density at radius 3 is 2.24 bits per heavy atom. The molecule has 1 aliphatic rings. The van der Waals surface area contributed by atoms with E-state index in [9.17, 15) is 40.0 Å². The number of nitrogens with zero attached hydrogens (tertiary/aromatic N) is 1. The highest BCUT2D eigenvalue weighted by Gasteiger charge is 2.35. The maximum absolute atomic E-state index is 13.1. The minimum atomic E-state index is -4.50. The molecular weight excluding hydrogens is 637 g/mol. The number of halogens is 5. The normalized spacial score (nSPS) is 17.5. The quantitative estimate of drug-likeness (QED) is 0.184. The number of alkyl halides is 5. The van der Waals surface area contributed by atoms with Crippen LogP contribution in [-0.2, 0) is 25.5 Å². The second kappa shape index (κ2) is 14.9. The second-order valence-corrected chi connectivity index (χ2v) is 12.7. The average molecular weight is 670 g/mol. The van der Waals surface area contributed by atoms with Gasteiger partial charge in [-0.15, -0.1) is 0 Å².